The number of rotatable bonds is 4. The largest absolute Gasteiger partial charge is 0.416 e. The van der Waals surface area contributed by atoms with E-state index in [4.69, 9.17) is 10.1 Å². The van der Waals surface area contributed by atoms with Crippen molar-refractivity contribution in [2.75, 3.05) is 20.1 Å². The Morgan fingerprint density at radius 3 is 2.43 bits per heavy atom. The van der Waals surface area contributed by atoms with Crippen LogP contribution in [0.2, 0.25) is 0 Å². The van der Waals surface area contributed by atoms with E-state index in [-0.39, 0.29) is 23.3 Å². The number of likely N-dealkylation sites (tertiary alicyclic amines) is 1. The van der Waals surface area contributed by atoms with Gasteiger partial charge in [-0.15, -0.1) is 0 Å². The molecule has 0 bridgehead atoms. The highest BCUT2D eigenvalue weighted by molar-refractivity contribution is 6.06. The van der Waals surface area contributed by atoms with Crippen molar-refractivity contribution in [1.29, 1.82) is 0 Å². The maximum atomic E-state index is 13.1. The minimum atomic E-state index is -4.45. The molecule has 1 atom stereocenters. The first-order valence-electron chi connectivity index (χ1n) is 11.7. The van der Waals surface area contributed by atoms with E-state index in [9.17, 15) is 22.8 Å². The van der Waals surface area contributed by atoms with Crippen molar-refractivity contribution in [3.63, 3.8) is 0 Å². The van der Waals surface area contributed by atoms with Crippen LogP contribution < -0.4 is 5.32 Å². The number of nitrogens with zero attached hydrogens (tertiary/aromatic N) is 4. The number of aromatic nitrogens is 3. The summed E-state index contributed by atoms with van der Waals surface area (Å²) in [5.74, 6) is -0.276. The molecule has 0 spiro atoms. The molecular weight excluding hydrogens is 459 g/mol. The Kier molecular flexibility index (Phi) is 5.77. The lowest BCUT2D eigenvalue weighted by molar-refractivity contribution is -0.137. The summed E-state index contributed by atoms with van der Waals surface area (Å²) in [6, 6.07) is 6.16. The predicted octanol–water partition coefficient (Wildman–Crippen LogP) is 4.24. The molecule has 35 heavy (non-hydrogen) atoms. The summed E-state index contributed by atoms with van der Waals surface area (Å²) in [6.45, 7) is 0.872. The second-order valence-corrected chi connectivity index (χ2v) is 9.32. The zero-order valence-electron chi connectivity index (χ0n) is 19.5. The van der Waals surface area contributed by atoms with Crippen LogP contribution in [0.4, 0.5) is 13.2 Å². The molecule has 1 aromatic carbocycles. The quantitative estimate of drug-likeness (QED) is 0.600. The minimum Gasteiger partial charge on any atom is -0.355 e. The molecule has 1 unspecified atom stereocenters. The zero-order chi connectivity index (χ0) is 24.9. The lowest BCUT2D eigenvalue weighted by atomic mass is 9.91. The number of hydrogen-bond donors (Lipinski definition) is 1. The van der Waals surface area contributed by atoms with Gasteiger partial charge in [0.05, 0.1) is 22.2 Å². The van der Waals surface area contributed by atoms with Crippen molar-refractivity contribution in [2.45, 2.75) is 43.7 Å². The van der Waals surface area contributed by atoms with E-state index in [0.29, 0.717) is 35.6 Å². The summed E-state index contributed by atoms with van der Waals surface area (Å²) in [6.07, 6.45) is -0.841. The van der Waals surface area contributed by atoms with E-state index >= 15 is 0 Å². The molecule has 2 aromatic heterocycles. The summed E-state index contributed by atoms with van der Waals surface area (Å²) in [5, 5.41) is 8.14. The average molecular weight is 486 g/mol. The van der Waals surface area contributed by atoms with Gasteiger partial charge in [-0.25, -0.2) is 4.98 Å². The third-order valence-corrected chi connectivity index (χ3v) is 6.86. The summed E-state index contributed by atoms with van der Waals surface area (Å²) in [5.41, 5.74) is 2.23. The van der Waals surface area contributed by atoms with E-state index in [2.05, 4.69) is 5.32 Å². The molecule has 3 heterocycles. The second-order valence-electron chi connectivity index (χ2n) is 9.32. The van der Waals surface area contributed by atoms with Crippen LogP contribution >= 0.6 is 0 Å². The van der Waals surface area contributed by atoms with Gasteiger partial charge in [-0.1, -0.05) is 0 Å². The molecule has 5 rings (SSSR count). The molecule has 1 aliphatic carbocycles. The summed E-state index contributed by atoms with van der Waals surface area (Å²) < 4.78 is 40.4. The van der Waals surface area contributed by atoms with Crippen molar-refractivity contribution in [3.05, 3.63) is 58.4 Å². The van der Waals surface area contributed by atoms with Gasteiger partial charge in [0.2, 0.25) is 0 Å². The Morgan fingerprint density at radius 2 is 1.80 bits per heavy atom. The Hall–Kier alpha value is -3.43. The van der Waals surface area contributed by atoms with Crippen molar-refractivity contribution in [3.8, 4) is 0 Å². The molecule has 1 saturated heterocycles. The Labute approximate surface area is 200 Å². The standard InChI is InChI=1S/C25H26F3N5O2/c1-29-23(34)18-12-19(14-5-6-14)30-22-20(18)21(31-32(22)2)16-4-3-11-33(13-16)24(35)15-7-9-17(10-8-15)25(26,27)28/h7-10,12,14,16H,3-6,11,13H2,1-2H3,(H,29,34). The number of carbonyl (C=O) groups is 2. The zero-order valence-corrected chi connectivity index (χ0v) is 19.5. The minimum absolute atomic E-state index is 0.122. The van der Waals surface area contributed by atoms with Gasteiger partial charge in [-0.05, 0) is 56.0 Å². The molecule has 2 fully saturated rings. The van der Waals surface area contributed by atoms with E-state index in [1.165, 1.54) is 12.1 Å². The summed E-state index contributed by atoms with van der Waals surface area (Å²) >= 11 is 0. The first-order chi connectivity index (χ1) is 16.7. The van der Waals surface area contributed by atoms with Gasteiger partial charge in [0.1, 0.15) is 0 Å². The van der Waals surface area contributed by atoms with Gasteiger partial charge in [-0.2, -0.15) is 18.3 Å². The maximum absolute atomic E-state index is 13.1. The third kappa shape index (κ3) is 4.37. The normalized spacial score (nSPS) is 18.7. The van der Waals surface area contributed by atoms with Crippen LogP contribution in [-0.4, -0.2) is 51.6 Å². The highest BCUT2D eigenvalue weighted by atomic mass is 19.4. The number of amides is 2. The number of aryl methyl sites for hydroxylation is 1. The number of benzene rings is 1. The first kappa shape index (κ1) is 23.3. The molecule has 1 aliphatic heterocycles. The smallest absolute Gasteiger partial charge is 0.355 e. The molecular formula is C25H26F3N5O2. The molecule has 1 saturated carbocycles. The number of nitrogens with one attached hydrogen (secondary N) is 1. The van der Waals surface area contributed by atoms with Crippen LogP contribution in [0.5, 0.6) is 0 Å². The fourth-order valence-electron chi connectivity index (χ4n) is 4.85. The summed E-state index contributed by atoms with van der Waals surface area (Å²) in [7, 11) is 3.39. The highest BCUT2D eigenvalue weighted by Crippen LogP contribution is 2.41. The number of carbonyl (C=O) groups excluding carboxylic acids is 2. The first-order valence-corrected chi connectivity index (χ1v) is 11.7. The number of halogens is 3. The topological polar surface area (TPSA) is 80.1 Å². The number of piperidine rings is 1. The van der Waals surface area contributed by atoms with Crippen LogP contribution in [0.1, 0.15) is 75.2 Å². The van der Waals surface area contributed by atoms with Gasteiger partial charge >= 0.3 is 6.18 Å². The average Bonchev–Trinajstić information content (AvgIpc) is 3.66. The Morgan fingerprint density at radius 1 is 1.09 bits per heavy atom. The van der Waals surface area contributed by atoms with Crippen LogP contribution in [0.3, 0.4) is 0 Å². The lowest BCUT2D eigenvalue weighted by Crippen LogP contribution is -2.39. The molecule has 3 aromatic rings. The van der Waals surface area contributed by atoms with Gasteiger partial charge in [0.25, 0.3) is 11.8 Å². The maximum Gasteiger partial charge on any atom is 0.416 e. The molecule has 1 N–H and O–H groups in total. The fraction of sp³-hybridized carbons (Fsp3) is 0.440. The van der Waals surface area contributed by atoms with E-state index in [1.807, 2.05) is 6.07 Å². The highest BCUT2D eigenvalue weighted by Gasteiger charge is 2.34. The van der Waals surface area contributed by atoms with Gasteiger partial charge in [-0.3, -0.25) is 14.3 Å². The van der Waals surface area contributed by atoms with Crippen molar-refractivity contribution in [2.24, 2.45) is 7.05 Å². The Balaban J connectivity index is 1.46. The van der Waals surface area contributed by atoms with Crippen LogP contribution in [0.25, 0.3) is 11.0 Å². The van der Waals surface area contributed by atoms with Crippen molar-refractivity contribution >= 4 is 22.8 Å². The van der Waals surface area contributed by atoms with Crippen LogP contribution in [0.15, 0.2) is 30.3 Å². The van der Waals surface area contributed by atoms with Crippen molar-refractivity contribution < 1.29 is 22.8 Å². The SMILES string of the molecule is CNC(=O)c1cc(C2CC2)nc2c1c(C1CCCN(C(=O)c3ccc(C(F)(F)F)cc3)C1)nn2C. The summed E-state index contributed by atoms with van der Waals surface area (Å²) in [4.78, 5) is 32.4. The molecule has 0 radical (unpaired) electrons. The van der Waals surface area contributed by atoms with Gasteiger partial charge in [0, 0.05) is 50.3 Å². The third-order valence-electron chi connectivity index (χ3n) is 6.86. The van der Waals surface area contributed by atoms with Gasteiger partial charge in [0.15, 0.2) is 5.65 Å². The van der Waals surface area contributed by atoms with E-state index in [0.717, 1.165) is 49.2 Å². The Bertz CT molecular complexity index is 1300. The molecule has 184 valence electrons. The molecule has 7 nitrogen and oxygen atoms in total. The predicted molar refractivity (Wildman–Crippen MR) is 123 cm³/mol. The molecule has 2 aliphatic rings. The fourth-order valence-corrected chi connectivity index (χ4v) is 4.85. The number of alkyl halides is 3. The van der Waals surface area contributed by atoms with Gasteiger partial charge < -0.3 is 10.2 Å². The lowest BCUT2D eigenvalue weighted by Gasteiger charge is -2.32. The monoisotopic (exact) mass is 485 g/mol. The van der Waals surface area contributed by atoms with E-state index < -0.39 is 11.7 Å². The van der Waals surface area contributed by atoms with Crippen LogP contribution in [0, 0.1) is 0 Å². The number of hydrogen-bond acceptors (Lipinski definition) is 4. The number of pyridine rings is 1. The van der Waals surface area contributed by atoms with E-state index in [1.54, 1.807) is 23.7 Å². The second kappa shape index (κ2) is 8.66. The molecule has 10 heteroatoms. The van der Waals surface area contributed by atoms with Crippen LogP contribution in [-0.2, 0) is 13.2 Å². The number of fused-ring (bicyclic) bond motifs is 1. The van der Waals surface area contributed by atoms with Crippen molar-refractivity contribution in [1.82, 2.24) is 25.0 Å². The molecule has 2 amide bonds.